The molecule has 0 amide bonds. The summed E-state index contributed by atoms with van der Waals surface area (Å²) in [4.78, 5) is 8.61. The minimum atomic E-state index is -0.316. The number of imidazole rings is 1. The third-order valence-corrected chi connectivity index (χ3v) is 4.14. The molecule has 0 radical (unpaired) electrons. The fourth-order valence-corrected chi connectivity index (χ4v) is 2.88. The maximum Gasteiger partial charge on any atom is 0.233 e. The van der Waals surface area contributed by atoms with E-state index >= 15 is 0 Å². The highest BCUT2D eigenvalue weighted by molar-refractivity contribution is 5.56. The lowest BCUT2D eigenvalue weighted by Gasteiger charge is -2.15. The van der Waals surface area contributed by atoms with E-state index in [2.05, 4.69) is 15.3 Å². The van der Waals surface area contributed by atoms with Gasteiger partial charge in [-0.25, -0.2) is 14.4 Å². The van der Waals surface area contributed by atoms with Crippen molar-refractivity contribution in [3.8, 4) is 5.75 Å². The Hall–Kier alpha value is -2.67. The highest BCUT2D eigenvalue weighted by Gasteiger charge is 2.17. The summed E-state index contributed by atoms with van der Waals surface area (Å²) >= 11 is 0. The van der Waals surface area contributed by atoms with Crippen molar-refractivity contribution in [3.05, 3.63) is 54.4 Å². The topological polar surface area (TPSA) is 60.7 Å². The number of anilines is 1. The van der Waals surface area contributed by atoms with E-state index in [-0.39, 0.29) is 11.9 Å². The lowest BCUT2D eigenvalue weighted by molar-refractivity contribution is 0.0682. The molecular weight excluding hydrogens is 323 g/mol. The number of hydrogen-bond acceptors (Lipinski definition) is 5. The van der Waals surface area contributed by atoms with Gasteiger partial charge in [-0.2, -0.15) is 0 Å². The van der Waals surface area contributed by atoms with E-state index in [1.165, 1.54) is 12.1 Å². The predicted molar refractivity (Wildman–Crippen MR) is 91.2 cm³/mol. The van der Waals surface area contributed by atoms with E-state index in [9.17, 15) is 4.39 Å². The third-order valence-electron chi connectivity index (χ3n) is 4.14. The van der Waals surface area contributed by atoms with Crippen LogP contribution in [0.4, 0.5) is 10.1 Å². The van der Waals surface area contributed by atoms with Crippen LogP contribution >= 0.6 is 0 Å². The van der Waals surface area contributed by atoms with E-state index in [0.717, 1.165) is 25.1 Å². The van der Waals surface area contributed by atoms with Crippen LogP contribution in [0.5, 0.6) is 5.75 Å². The lowest BCUT2D eigenvalue weighted by Crippen LogP contribution is -2.17. The van der Waals surface area contributed by atoms with Gasteiger partial charge in [0.2, 0.25) is 5.78 Å². The van der Waals surface area contributed by atoms with Gasteiger partial charge in [-0.05, 0) is 31.0 Å². The summed E-state index contributed by atoms with van der Waals surface area (Å²) in [6.45, 7) is 1.70. The van der Waals surface area contributed by atoms with Gasteiger partial charge in [-0.15, -0.1) is 0 Å². The largest absolute Gasteiger partial charge is 0.489 e. The van der Waals surface area contributed by atoms with Crippen LogP contribution in [-0.2, 0) is 11.3 Å². The molecule has 3 aromatic rings. The molecule has 4 rings (SSSR count). The Bertz CT molecular complexity index is 828. The number of aromatic nitrogens is 3. The van der Waals surface area contributed by atoms with Gasteiger partial charge >= 0.3 is 0 Å². The molecule has 2 aromatic heterocycles. The van der Waals surface area contributed by atoms with Gasteiger partial charge in [0.15, 0.2) is 0 Å². The number of rotatable bonds is 6. The van der Waals surface area contributed by atoms with Gasteiger partial charge in [0.05, 0.1) is 24.0 Å². The fourth-order valence-electron chi connectivity index (χ4n) is 2.88. The van der Waals surface area contributed by atoms with E-state index in [4.69, 9.17) is 9.47 Å². The monoisotopic (exact) mass is 342 g/mol. The molecule has 0 bridgehead atoms. The van der Waals surface area contributed by atoms with Crippen molar-refractivity contribution in [1.82, 2.24) is 14.4 Å². The molecule has 0 unspecified atom stereocenters. The van der Waals surface area contributed by atoms with Crippen LogP contribution in [0.15, 0.2) is 42.9 Å². The Labute approximate surface area is 144 Å². The smallest absolute Gasteiger partial charge is 0.233 e. The standard InChI is InChI=1S/C18H19FN4O2/c19-13-4-5-17(25-12-15-3-1-8-24-15)16(9-13)21-10-14-11-23-7-2-6-20-18(23)22-14/h2,4-7,9,11,15,21H,1,3,8,10,12H2/t15-/m0/s1. The van der Waals surface area contributed by atoms with E-state index in [1.54, 1.807) is 12.3 Å². The predicted octanol–water partition coefficient (Wildman–Crippen LogP) is 3.04. The third kappa shape index (κ3) is 3.71. The molecule has 0 aliphatic carbocycles. The number of nitrogens with one attached hydrogen (secondary N) is 1. The molecule has 0 saturated carbocycles. The Morgan fingerprint density at radius 2 is 2.36 bits per heavy atom. The minimum absolute atomic E-state index is 0.113. The van der Waals surface area contributed by atoms with Gasteiger partial charge in [0.25, 0.3) is 0 Å². The maximum absolute atomic E-state index is 13.6. The number of nitrogens with zero attached hydrogens (tertiary/aromatic N) is 3. The van der Waals surface area contributed by atoms with Crippen LogP contribution in [0.1, 0.15) is 18.5 Å². The van der Waals surface area contributed by atoms with Gasteiger partial charge in [-0.1, -0.05) is 0 Å². The van der Waals surface area contributed by atoms with E-state index in [0.29, 0.717) is 30.4 Å². The number of fused-ring (bicyclic) bond motifs is 1. The Morgan fingerprint density at radius 3 is 3.20 bits per heavy atom. The molecule has 1 aromatic carbocycles. The molecule has 1 aliphatic rings. The molecule has 1 saturated heterocycles. The van der Waals surface area contributed by atoms with Crippen LogP contribution in [-0.4, -0.2) is 33.7 Å². The van der Waals surface area contributed by atoms with Crippen molar-refractivity contribution in [1.29, 1.82) is 0 Å². The molecule has 1 N–H and O–H groups in total. The van der Waals surface area contributed by atoms with Gasteiger partial charge in [0, 0.05) is 31.3 Å². The van der Waals surface area contributed by atoms with Crippen LogP contribution in [0.25, 0.3) is 5.78 Å². The van der Waals surface area contributed by atoms with E-state index in [1.807, 2.05) is 22.9 Å². The molecule has 130 valence electrons. The van der Waals surface area contributed by atoms with Crippen molar-refractivity contribution in [2.24, 2.45) is 0 Å². The summed E-state index contributed by atoms with van der Waals surface area (Å²) in [5.41, 5.74) is 1.41. The summed E-state index contributed by atoms with van der Waals surface area (Å²) < 4.78 is 26.9. The minimum Gasteiger partial charge on any atom is -0.489 e. The van der Waals surface area contributed by atoms with Crippen LogP contribution in [0.2, 0.25) is 0 Å². The second-order valence-corrected chi connectivity index (χ2v) is 6.00. The second kappa shape index (κ2) is 7.06. The number of hydrogen-bond donors (Lipinski definition) is 1. The van der Waals surface area contributed by atoms with Crippen LogP contribution in [0.3, 0.4) is 0 Å². The quantitative estimate of drug-likeness (QED) is 0.746. The van der Waals surface area contributed by atoms with Crippen LogP contribution < -0.4 is 10.1 Å². The molecule has 0 spiro atoms. The summed E-state index contributed by atoms with van der Waals surface area (Å²) in [7, 11) is 0. The number of halogens is 1. The first-order valence-corrected chi connectivity index (χ1v) is 8.34. The zero-order valence-electron chi connectivity index (χ0n) is 13.7. The molecule has 1 fully saturated rings. The second-order valence-electron chi connectivity index (χ2n) is 6.00. The molecule has 1 atom stereocenters. The number of benzene rings is 1. The first-order chi connectivity index (χ1) is 12.3. The van der Waals surface area contributed by atoms with E-state index < -0.39 is 0 Å². The first-order valence-electron chi connectivity index (χ1n) is 8.34. The van der Waals surface area contributed by atoms with Gasteiger partial charge in [-0.3, -0.25) is 4.40 Å². The average molecular weight is 342 g/mol. The highest BCUT2D eigenvalue weighted by Crippen LogP contribution is 2.27. The molecule has 3 heterocycles. The van der Waals surface area contributed by atoms with Crippen molar-refractivity contribution in [2.45, 2.75) is 25.5 Å². The Balaban J connectivity index is 1.45. The molecule has 1 aliphatic heterocycles. The molecule has 6 nitrogen and oxygen atoms in total. The Kier molecular flexibility index (Phi) is 4.47. The van der Waals surface area contributed by atoms with Crippen molar-refractivity contribution < 1.29 is 13.9 Å². The van der Waals surface area contributed by atoms with Crippen molar-refractivity contribution in [2.75, 3.05) is 18.5 Å². The van der Waals surface area contributed by atoms with Gasteiger partial charge < -0.3 is 14.8 Å². The molecule has 25 heavy (non-hydrogen) atoms. The normalized spacial score (nSPS) is 17.1. The lowest BCUT2D eigenvalue weighted by atomic mass is 10.2. The van der Waals surface area contributed by atoms with Gasteiger partial charge in [0.1, 0.15) is 18.2 Å². The molecule has 7 heteroatoms. The summed E-state index contributed by atoms with van der Waals surface area (Å²) in [5, 5.41) is 3.20. The summed E-state index contributed by atoms with van der Waals surface area (Å²) in [6, 6.07) is 6.30. The molecular formula is C18H19FN4O2. The van der Waals surface area contributed by atoms with Crippen molar-refractivity contribution >= 4 is 11.5 Å². The summed E-state index contributed by atoms with van der Waals surface area (Å²) in [6.07, 6.45) is 7.65. The zero-order chi connectivity index (χ0) is 17.1. The fraction of sp³-hybridized carbons (Fsp3) is 0.333. The Morgan fingerprint density at radius 1 is 1.40 bits per heavy atom. The van der Waals surface area contributed by atoms with Crippen molar-refractivity contribution in [3.63, 3.8) is 0 Å². The highest BCUT2D eigenvalue weighted by atomic mass is 19.1. The SMILES string of the molecule is Fc1ccc(OC[C@@H]2CCCO2)c(NCc2cn3cccnc3n2)c1. The zero-order valence-corrected chi connectivity index (χ0v) is 13.7. The van der Waals surface area contributed by atoms with Crippen LogP contribution in [0, 0.1) is 5.82 Å². The maximum atomic E-state index is 13.6. The average Bonchev–Trinajstić information content (AvgIpc) is 3.28. The first kappa shape index (κ1) is 15.8. The summed E-state index contributed by atoms with van der Waals surface area (Å²) in [5.74, 6) is 0.927. The number of ether oxygens (including phenoxy) is 2.